The third-order valence-electron chi connectivity index (χ3n) is 3.74. The number of rotatable bonds is 5. The summed E-state index contributed by atoms with van der Waals surface area (Å²) in [6.07, 6.45) is 0. The first-order chi connectivity index (χ1) is 12.6. The van der Waals surface area contributed by atoms with E-state index in [1.165, 1.54) is 0 Å². The molecule has 0 aliphatic carbocycles. The van der Waals surface area contributed by atoms with Crippen molar-refractivity contribution in [1.82, 2.24) is 29.9 Å². The van der Waals surface area contributed by atoms with Crippen LogP contribution in [-0.2, 0) is 6.54 Å². The van der Waals surface area contributed by atoms with Crippen molar-refractivity contribution in [3.63, 3.8) is 0 Å². The van der Waals surface area contributed by atoms with E-state index in [1.807, 2.05) is 44.2 Å². The average molecular weight is 351 g/mol. The molecule has 0 radical (unpaired) electrons. The van der Waals surface area contributed by atoms with Gasteiger partial charge in [0.2, 0.25) is 11.8 Å². The van der Waals surface area contributed by atoms with Gasteiger partial charge in [0.15, 0.2) is 16.9 Å². The molecular formula is C17H17N7O2. The number of fused-ring (bicyclic) bond motifs is 1. The monoisotopic (exact) mass is 351 g/mol. The molecule has 4 aromatic heterocycles. The SMILES string of the molecule is CCOc1cccc(Cn2nnc3c(-c4ccc(C)o4)nc(N)nc32)n1. The number of nitrogens with zero attached hydrogens (tertiary/aromatic N) is 6. The number of nitrogens with two attached hydrogens (primary N) is 1. The molecule has 0 saturated carbocycles. The van der Waals surface area contributed by atoms with Gasteiger partial charge in [-0.15, -0.1) is 5.10 Å². The highest BCUT2D eigenvalue weighted by Gasteiger charge is 2.18. The number of aryl methyl sites for hydroxylation is 1. The van der Waals surface area contributed by atoms with Gasteiger partial charge in [0.1, 0.15) is 11.5 Å². The van der Waals surface area contributed by atoms with Gasteiger partial charge in [-0.1, -0.05) is 11.3 Å². The molecule has 0 atom stereocenters. The molecule has 0 amide bonds. The van der Waals surface area contributed by atoms with Gasteiger partial charge in [0.25, 0.3) is 0 Å². The van der Waals surface area contributed by atoms with Crippen molar-refractivity contribution in [2.24, 2.45) is 0 Å². The molecule has 0 aliphatic rings. The van der Waals surface area contributed by atoms with Crippen molar-refractivity contribution in [2.45, 2.75) is 20.4 Å². The van der Waals surface area contributed by atoms with Gasteiger partial charge in [-0.3, -0.25) is 0 Å². The van der Waals surface area contributed by atoms with Gasteiger partial charge in [-0.25, -0.2) is 14.6 Å². The maximum absolute atomic E-state index is 5.89. The highest BCUT2D eigenvalue weighted by atomic mass is 16.5. The van der Waals surface area contributed by atoms with Crippen molar-refractivity contribution in [2.75, 3.05) is 12.3 Å². The Morgan fingerprint density at radius 1 is 1.15 bits per heavy atom. The first kappa shape index (κ1) is 16.0. The molecule has 26 heavy (non-hydrogen) atoms. The third-order valence-corrected chi connectivity index (χ3v) is 3.74. The van der Waals surface area contributed by atoms with Gasteiger partial charge in [-0.2, -0.15) is 4.98 Å². The van der Waals surface area contributed by atoms with Crippen LogP contribution in [0.25, 0.3) is 22.6 Å². The number of hydrogen-bond acceptors (Lipinski definition) is 8. The Kier molecular flexibility index (Phi) is 3.96. The molecule has 4 aromatic rings. The van der Waals surface area contributed by atoms with Crippen LogP contribution in [0.15, 0.2) is 34.7 Å². The lowest BCUT2D eigenvalue weighted by molar-refractivity contribution is 0.325. The summed E-state index contributed by atoms with van der Waals surface area (Å²) in [5.74, 6) is 2.04. The minimum Gasteiger partial charge on any atom is -0.478 e. The number of ether oxygens (including phenoxy) is 1. The Morgan fingerprint density at radius 3 is 2.81 bits per heavy atom. The fraction of sp³-hybridized carbons (Fsp3) is 0.235. The van der Waals surface area contributed by atoms with Crippen LogP contribution < -0.4 is 10.5 Å². The maximum atomic E-state index is 5.89. The number of pyridine rings is 1. The highest BCUT2D eigenvalue weighted by Crippen LogP contribution is 2.27. The topological polar surface area (TPSA) is 118 Å². The molecule has 0 spiro atoms. The van der Waals surface area contributed by atoms with Crippen LogP contribution in [0.4, 0.5) is 5.95 Å². The lowest BCUT2D eigenvalue weighted by Crippen LogP contribution is -2.07. The van der Waals surface area contributed by atoms with Gasteiger partial charge >= 0.3 is 0 Å². The fourth-order valence-electron chi connectivity index (χ4n) is 2.64. The van der Waals surface area contributed by atoms with E-state index in [0.717, 1.165) is 11.5 Å². The second kappa shape index (κ2) is 6.43. The van der Waals surface area contributed by atoms with Gasteiger partial charge in [-0.05, 0) is 32.0 Å². The van der Waals surface area contributed by atoms with Gasteiger partial charge in [0.05, 0.1) is 18.8 Å². The summed E-state index contributed by atoms with van der Waals surface area (Å²) in [7, 11) is 0. The second-order valence-electron chi connectivity index (χ2n) is 5.66. The van der Waals surface area contributed by atoms with E-state index < -0.39 is 0 Å². The van der Waals surface area contributed by atoms with Crippen molar-refractivity contribution in [3.8, 4) is 17.3 Å². The summed E-state index contributed by atoms with van der Waals surface area (Å²) in [5, 5.41) is 8.40. The van der Waals surface area contributed by atoms with Crippen molar-refractivity contribution < 1.29 is 9.15 Å². The minimum atomic E-state index is 0.126. The van der Waals surface area contributed by atoms with Crippen LogP contribution in [0.1, 0.15) is 18.4 Å². The first-order valence-corrected chi connectivity index (χ1v) is 8.16. The Hall–Kier alpha value is -3.49. The van der Waals surface area contributed by atoms with E-state index in [9.17, 15) is 0 Å². The zero-order valence-electron chi connectivity index (χ0n) is 14.4. The van der Waals surface area contributed by atoms with Crippen LogP contribution >= 0.6 is 0 Å². The molecule has 9 heteroatoms. The second-order valence-corrected chi connectivity index (χ2v) is 5.66. The van der Waals surface area contributed by atoms with E-state index >= 15 is 0 Å². The van der Waals surface area contributed by atoms with E-state index in [1.54, 1.807) is 4.68 Å². The van der Waals surface area contributed by atoms with Gasteiger partial charge < -0.3 is 14.9 Å². The molecule has 0 saturated heterocycles. The van der Waals surface area contributed by atoms with E-state index in [4.69, 9.17) is 14.9 Å². The molecule has 2 N–H and O–H groups in total. The fourth-order valence-corrected chi connectivity index (χ4v) is 2.64. The number of furan rings is 1. The smallest absolute Gasteiger partial charge is 0.222 e. The Labute approximate surface area is 148 Å². The van der Waals surface area contributed by atoms with Crippen LogP contribution in [-0.4, -0.2) is 36.6 Å². The Bertz CT molecular complexity index is 1070. The minimum absolute atomic E-state index is 0.126. The quantitative estimate of drug-likeness (QED) is 0.581. The standard InChI is InChI=1S/C17H17N7O2/c1-3-25-13-6-4-5-11(19-13)9-24-16-15(22-23-24)14(20-17(18)21-16)12-8-7-10(2)26-12/h4-8H,3,9H2,1-2H3,(H2,18,20,21). The van der Waals surface area contributed by atoms with Crippen LogP contribution in [0, 0.1) is 6.92 Å². The molecule has 9 nitrogen and oxygen atoms in total. The molecule has 0 unspecified atom stereocenters. The number of nitrogen functional groups attached to an aromatic ring is 1. The van der Waals surface area contributed by atoms with Crippen molar-refractivity contribution in [1.29, 1.82) is 0 Å². The largest absolute Gasteiger partial charge is 0.478 e. The molecule has 0 bridgehead atoms. The molecule has 4 rings (SSSR count). The average Bonchev–Trinajstić information content (AvgIpc) is 3.22. The molecular weight excluding hydrogens is 334 g/mol. The summed E-state index contributed by atoms with van der Waals surface area (Å²) in [4.78, 5) is 13.0. The van der Waals surface area contributed by atoms with Crippen molar-refractivity contribution in [3.05, 3.63) is 41.8 Å². The van der Waals surface area contributed by atoms with Crippen LogP contribution in [0.2, 0.25) is 0 Å². The lowest BCUT2D eigenvalue weighted by atomic mass is 10.3. The summed E-state index contributed by atoms with van der Waals surface area (Å²) in [6.45, 7) is 4.71. The molecule has 4 heterocycles. The summed E-state index contributed by atoms with van der Waals surface area (Å²) >= 11 is 0. The summed E-state index contributed by atoms with van der Waals surface area (Å²) in [6, 6.07) is 9.25. The summed E-state index contributed by atoms with van der Waals surface area (Å²) in [5.41, 5.74) is 8.22. The third kappa shape index (κ3) is 2.94. The normalized spacial score (nSPS) is 11.2. The predicted molar refractivity (Wildman–Crippen MR) is 94.5 cm³/mol. The molecule has 132 valence electrons. The molecule has 0 fully saturated rings. The Morgan fingerprint density at radius 2 is 2.04 bits per heavy atom. The lowest BCUT2D eigenvalue weighted by Gasteiger charge is -2.06. The Balaban J connectivity index is 1.75. The van der Waals surface area contributed by atoms with E-state index in [-0.39, 0.29) is 5.95 Å². The number of anilines is 1. The van der Waals surface area contributed by atoms with E-state index in [2.05, 4.69) is 25.3 Å². The zero-order chi connectivity index (χ0) is 18.1. The zero-order valence-corrected chi connectivity index (χ0v) is 14.4. The molecule has 0 aliphatic heterocycles. The first-order valence-electron chi connectivity index (χ1n) is 8.16. The predicted octanol–water partition coefficient (Wildman–Crippen LogP) is 2.21. The van der Waals surface area contributed by atoms with Crippen molar-refractivity contribution >= 4 is 17.1 Å². The van der Waals surface area contributed by atoms with Crippen LogP contribution in [0.3, 0.4) is 0 Å². The van der Waals surface area contributed by atoms with Gasteiger partial charge in [0, 0.05) is 6.07 Å². The number of aromatic nitrogens is 6. The summed E-state index contributed by atoms with van der Waals surface area (Å²) < 4.78 is 12.7. The molecule has 0 aromatic carbocycles. The highest BCUT2D eigenvalue weighted by molar-refractivity contribution is 5.86. The van der Waals surface area contributed by atoms with E-state index in [0.29, 0.717) is 41.6 Å². The number of hydrogen-bond donors (Lipinski definition) is 1. The van der Waals surface area contributed by atoms with Crippen LogP contribution in [0.5, 0.6) is 5.88 Å². The maximum Gasteiger partial charge on any atom is 0.222 e.